The molecule has 0 bridgehead atoms. The van der Waals surface area contributed by atoms with Gasteiger partial charge in [0.05, 0.1) is 0 Å². The fraction of sp³-hybridized carbons (Fsp3) is 0.906. The van der Waals surface area contributed by atoms with Gasteiger partial charge in [-0.25, -0.2) is 4.79 Å². The van der Waals surface area contributed by atoms with Gasteiger partial charge in [-0.1, -0.05) is 65.5 Å². The Labute approximate surface area is 222 Å². The number of amides is 1. The van der Waals surface area contributed by atoms with Crippen LogP contribution >= 0.6 is 0 Å². The van der Waals surface area contributed by atoms with E-state index in [2.05, 4.69) is 46.0 Å². The molecule has 8 unspecified atom stereocenters. The normalized spacial score (nSPS) is 38.6. The number of fused-ring (bicyclic) bond motifs is 5. The van der Waals surface area contributed by atoms with Crippen LogP contribution in [0.4, 0.5) is 4.79 Å². The monoisotopic (exact) mass is 500 g/mol. The smallest absolute Gasteiger partial charge is 0.409 e. The second-order valence-electron chi connectivity index (χ2n) is 14.1. The molecule has 4 aliphatic carbocycles. The molecule has 0 aliphatic heterocycles. The Morgan fingerprint density at radius 2 is 1.89 bits per heavy atom. The van der Waals surface area contributed by atoms with Gasteiger partial charge in [0, 0.05) is 26.6 Å². The summed E-state index contributed by atoms with van der Waals surface area (Å²) in [5.41, 5.74) is 2.46. The number of nitrogens with zero attached hydrogens (tertiary/aromatic N) is 1. The molecule has 0 aromatic heterocycles. The number of hydrogen-bond donors (Lipinski definition) is 1. The van der Waals surface area contributed by atoms with Gasteiger partial charge in [-0.05, 0) is 98.3 Å². The Balaban J connectivity index is 1.40. The highest BCUT2D eigenvalue weighted by atomic mass is 16.6. The van der Waals surface area contributed by atoms with Gasteiger partial charge in [0.1, 0.15) is 6.10 Å². The van der Waals surface area contributed by atoms with Crippen molar-refractivity contribution in [1.82, 2.24) is 10.2 Å². The number of rotatable bonds is 9. The van der Waals surface area contributed by atoms with Gasteiger partial charge < -0.3 is 15.0 Å². The predicted molar refractivity (Wildman–Crippen MR) is 150 cm³/mol. The molecular weight excluding hydrogens is 444 g/mol. The fourth-order valence-electron chi connectivity index (χ4n) is 9.36. The van der Waals surface area contributed by atoms with Crippen molar-refractivity contribution in [1.29, 1.82) is 0 Å². The summed E-state index contributed by atoms with van der Waals surface area (Å²) in [7, 11) is 3.76. The first kappa shape index (κ1) is 28.0. The Morgan fingerprint density at radius 1 is 1.11 bits per heavy atom. The quantitative estimate of drug-likeness (QED) is 0.330. The maximum atomic E-state index is 12.6. The lowest BCUT2D eigenvalue weighted by Gasteiger charge is -2.58. The molecule has 4 aliphatic rings. The first-order valence-electron chi connectivity index (χ1n) is 15.4. The summed E-state index contributed by atoms with van der Waals surface area (Å²) >= 11 is 0. The van der Waals surface area contributed by atoms with E-state index in [1.165, 1.54) is 57.8 Å². The first-order chi connectivity index (χ1) is 17.1. The van der Waals surface area contributed by atoms with Crippen LogP contribution in [0.2, 0.25) is 0 Å². The largest absolute Gasteiger partial charge is 0.446 e. The van der Waals surface area contributed by atoms with E-state index in [0.717, 1.165) is 54.9 Å². The van der Waals surface area contributed by atoms with Gasteiger partial charge in [0.25, 0.3) is 0 Å². The van der Waals surface area contributed by atoms with Crippen molar-refractivity contribution in [2.75, 3.05) is 27.2 Å². The fourth-order valence-corrected chi connectivity index (χ4v) is 9.36. The minimum absolute atomic E-state index is 0.0433. The van der Waals surface area contributed by atoms with Crippen LogP contribution in [-0.2, 0) is 4.74 Å². The Hall–Kier alpha value is -1.03. The van der Waals surface area contributed by atoms with Gasteiger partial charge in [-0.15, -0.1) is 0 Å². The highest BCUT2D eigenvalue weighted by molar-refractivity contribution is 5.67. The highest BCUT2D eigenvalue weighted by Gasteiger charge is 2.59. The summed E-state index contributed by atoms with van der Waals surface area (Å²) in [6.07, 6.45) is 16.8. The van der Waals surface area contributed by atoms with Crippen LogP contribution < -0.4 is 5.32 Å². The van der Waals surface area contributed by atoms with E-state index in [0.29, 0.717) is 17.4 Å². The first-order valence-corrected chi connectivity index (χ1v) is 15.4. The third kappa shape index (κ3) is 5.40. The molecule has 0 aromatic carbocycles. The van der Waals surface area contributed by atoms with Crippen LogP contribution in [0.3, 0.4) is 0 Å². The summed E-state index contributed by atoms with van der Waals surface area (Å²) in [5, 5.41) is 3.11. The molecule has 3 fully saturated rings. The van der Waals surface area contributed by atoms with E-state index >= 15 is 0 Å². The lowest BCUT2D eigenvalue weighted by atomic mass is 9.47. The average Bonchev–Trinajstić information content (AvgIpc) is 3.19. The molecule has 36 heavy (non-hydrogen) atoms. The van der Waals surface area contributed by atoms with E-state index in [4.69, 9.17) is 4.74 Å². The SMILES string of the molecule is CNCCN(C)C(=O)OC1CCC2(C)C(=CCC3C2CCC2(C)C(C(C)CCCC(C)C)CCC32)C1. The summed E-state index contributed by atoms with van der Waals surface area (Å²) in [6.45, 7) is 14.0. The number of ether oxygens (including phenoxy) is 1. The van der Waals surface area contributed by atoms with Crippen molar-refractivity contribution in [3.63, 3.8) is 0 Å². The third-order valence-corrected chi connectivity index (χ3v) is 11.5. The molecule has 0 saturated heterocycles. The van der Waals surface area contributed by atoms with Crippen molar-refractivity contribution in [3.05, 3.63) is 11.6 Å². The van der Waals surface area contributed by atoms with E-state index in [9.17, 15) is 4.79 Å². The second-order valence-corrected chi connectivity index (χ2v) is 14.1. The van der Waals surface area contributed by atoms with Gasteiger partial charge in [-0.3, -0.25) is 0 Å². The Bertz CT molecular complexity index is 793. The molecule has 8 atom stereocenters. The van der Waals surface area contributed by atoms with Crippen LogP contribution in [0.1, 0.15) is 105 Å². The summed E-state index contributed by atoms with van der Waals surface area (Å²) in [4.78, 5) is 14.3. The van der Waals surface area contributed by atoms with Crippen LogP contribution in [-0.4, -0.2) is 44.3 Å². The Kier molecular flexibility index (Phi) is 8.85. The average molecular weight is 501 g/mol. The van der Waals surface area contributed by atoms with Gasteiger partial charge in [0.2, 0.25) is 0 Å². The zero-order valence-electron chi connectivity index (χ0n) is 24.6. The number of hydrogen-bond acceptors (Lipinski definition) is 3. The van der Waals surface area contributed by atoms with Crippen LogP contribution in [0.5, 0.6) is 0 Å². The molecule has 0 spiro atoms. The molecule has 1 N–H and O–H groups in total. The molecule has 0 radical (unpaired) electrons. The standard InChI is InChI=1S/C32H56N2O2/c1-22(2)9-8-10-23(3)27-13-14-28-26-12-11-24-21-25(36-30(35)34(7)20-19-33-6)15-17-31(24,4)29(26)16-18-32(27,28)5/h11,22-23,25-29,33H,8-10,12-21H2,1-7H3. The van der Waals surface area contributed by atoms with Crippen molar-refractivity contribution in [3.8, 4) is 0 Å². The molecule has 4 rings (SSSR count). The summed E-state index contributed by atoms with van der Waals surface area (Å²) < 4.78 is 5.97. The van der Waals surface area contributed by atoms with E-state index < -0.39 is 0 Å². The second kappa shape index (κ2) is 11.4. The van der Waals surface area contributed by atoms with Crippen molar-refractivity contribution in [2.45, 2.75) is 111 Å². The minimum Gasteiger partial charge on any atom is -0.446 e. The number of likely N-dealkylation sites (N-methyl/N-ethyl adjacent to an activating group) is 2. The van der Waals surface area contributed by atoms with E-state index in [1.807, 2.05) is 14.1 Å². The number of carbonyl (C=O) groups excluding carboxylic acids is 1. The van der Waals surface area contributed by atoms with Gasteiger partial charge in [-0.2, -0.15) is 0 Å². The topological polar surface area (TPSA) is 41.6 Å². The van der Waals surface area contributed by atoms with E-state index in [1.54, 1.807) is 10.5 Å². The molecule has 4 nitrogen and oxygen atoms in total. The van der Waals surface area contributed by atoms with Crippen molar-refractivity contribution >= 4 is 6.09 Å². The molecule has 1 amide bonds. The predicted octanol–water partition coefficient (Wildman–Crippen LogP) is 7.68. The van der Waals surface area contributed by atoms with Gasteiger partial charge in [0.15, 0.2) is 0 Å². The molecule has 206 valence electrons. The van der Waals surface area contributed by atoms with Gasteiger partial charge >= 0.3 is 6.09 Å². The maximum Gasteiger partial charge on any atom is 0.409 e. The summed E-state index contributed by atoms with van der Waals surface area (Å²) in [5.74, 6) is 5.21. The molecule has 3 saturated carbocycles. The van der Waals surface area contributed by atoms with E-state index in [-0.39, 0.29) is 12.2 Å². The van der Waals surface area contributed by atoms with Crippen molar-refractivity contribution < 1.29 is 9.53 Å². The maximum absolute atomic E-state index is 12.6. The number of nitrogens with one attached hydrogen (secondary N) is 1. The van der Waals surface area contributed by atoms with Crippen molar-refractivity contribution in [2.24, 2.45) is 46.3 Å². The molecule has 0 heterocycles. The lowest BCUT2D eigenvalue weighted by Crippen LogP contribution is -2.51. The number of allylic oxidation sites excluding steroid dienone is 1. The zero-order chi connectivity index (χ0) is 26.1. The highest BCUT2D eigenvalue weighted by Crippen LogP contribution is 2.67. The zero-order valence-corrected chi connectivity index (χ0v) is 24.6. The molecule has 0 aromatic rings. The van der Waals surface area contributed by atoms with Crippen LogP contribution in [0, 0.1) is 46.3 Å². The summed E-state index contributed by atoms with van der Waals surface area (Å²) in [6, 6.07) is 0. The molecule has 4 heteroatoms. The number of carbonyl (C=O) groups is 1. The van der Waals surface area contributed by atoms with Crippen LogP contribution in [0.15, 0.2) is 11.6 Å². The lowest BCUT2D eigenvalue weighted by molar-refractivity contribution is -0.0591. The molecular formula is C32H56N2O2. The minimum atomic E-state index is -0.166. The third-order valence-electron chi connectivity index (χ3n) is 11.5. The van der Waals surface area contributed by atoms with Crippen LogP contribution in [0.25, 0.3) is 0 Å². The Morgan fingerprint density at radius 3 is 2.61 bits per heavy atom.